The Labute approximate surface area is 199 Å². The molecule has 174 valence electrons. The Balaban J connectivity index is 1.43. The summed E-state index contributed by atoms with van der Waals surface area (Å²) in [6.07, 6.45) is 0. The van der Waals surface area contributed by atoms with Crippen LogP contribution in [0.2, 0.25) is 0 Å². The number of rotatable bonds is 4. The number of hydrogen-bond donors (Lipinski definition) is 0. The van der Waals surface area contributed by atoms with Crippen LogP contribution in [0.1, 0.15) is 27.3 Å². The van der Waals surface area contributed by atoms with Crippen LogP contribution in [-0.2, 0) is 0 Å². The molecule has 7 heteroatoms. The van der Waals surface area contributed by atoms with E-state index in [0.717, 1.165) is 52.6 Å². The first-order chi connectivity index (χ1) is 16.4. The van der Waals surface area contributed by atoms with Crippen LogP contribution < -0.4 is 9.64 Å². The number of amides is 1. The van der Waals surface area contributed by atoms with Crippen molar-refractivity contribution in [2.45, 2.75) is 20.8 Å². The molecule has 7 nitrogen and oxygen atoms in total. The maximum atomic E-state index is 13.7. The number of methoxy groups -OCH3 is 1. The van der Waals surface area contributed by atoms with E-state index in [1.54, 1.807) is 7.11 Å². The van der Waals surface area contributed by atoms with Crippen molar-refractivity contribution >= 4 is 22.6 Å². The minimum atomic E-state index is 0.0346. The van der Waals surface area contributed by atoms with E-state index in [0.29, 0.717) is 18.7 Å². The fraction of sp³-hybridized carbons (Fsp3) is 0.296. The zero-order chi connectivity index (χ0) is 23.8. The molecule has 5 rings (SSSR count). The smallest absolute Gasteiger partial charge is 0.254 e. The predicted octanol–water partition coefficient (Wildman–Crippen LogP) is 4.32. The van der Waals surface area contributed by atoms with Crippen molar-refractivity contribution in [2.75, 3.05) is 38.2 Å². The monoisotopic (exact) mass is 455 g/mol. The lowest BCUT2D eigenvalue weighted by Crippen LogP contribution is -2.48. The number of carbonyl (C=O) groups excluding carboxylic acids is 1. The zero-order valence-corrected chi connectivity index (χ0v) is 20.1. The molecule has 2 aromatic heterocycles. The maximum absolute atomic E-state index is 13.7. The van der Waals surface area contributed by atoms with Crippen LogP contribution >= 0.6 is 0 Å². The molecular formula is C27H29N5O2. The van der Waals surface area contributed by atoms with Gasteiger partial charge in [-0.2, -0.15) is 5.10 Å². The lowest BCUT2D eigenvalue weighted by molar-refractivity contribution is 0.0748. The quantitative estimate of drug-likeness (QED) is 0.459. The van der Waals surface area contributed by atoms with Gasteiger partial charge in [0.05, 0.1) is 29.4 Å². The zero-order valence-electron chi connectivity index (χ0n) is 20.1. The standard InChI is InChI=1S/C27H29N5O2/c1-18-8-10-21(11-9-18)32-26-25(20(3)29-32)24(16-19(2)28-26)27(33)31-14-12-30(13-15-31)22-6-5-7-23(17-22)34-4/h5-11,16-17H,12-15H2,1-4H3. The van der Waals surface area contributed by atoms with Crippen LogP contribution in [0.15, 0.2) is 54.6 Å². The Hall–Kier alpha value is -3.87. The van der Waals surface area contributed by atoms with Crippen molar-refractivity contribution in [1.82, 2.24) is 19.7 Å². The number of aromatic nitrogens is 3. The van der Waals surface area contributed by atoms with E-state index < -0.39 is 0 Å². The molecule has 4 aromatic rings. The Morgan fingerprint density at radius 1 is 0.912 bits per heavy atom. The molecule has 1 amide bonds. The predicted molar refractivity (Wildman–Crippen MR) is 134 cm³/mol. The van der Waals surface area contributed by atoms with Gasteiger partial charge in [-0.25, -0.2) is 9.67 Å². The Kier molecular flexibility index (Phi) is 5.69. The number of benzene rings is 2. The van der Waals surface area contributed by atoms with Crippen LogP contribution in [0.4, 0.5) is 5.69 Å². The molecule has 0 saturated carbocycles. The minimum Gasteiger partial charge on any atom is -0.497 e. The summed E-state index contributed by atoms with van der Waals surface area (Å²) in [5.41, 5.74) is 6.24. The highest BCUT2D eigenvalue weighted by atomic mass is 16.5. The summed E-state index contributed by atoms with van der Waals surface area (Å²) in [4.78, 5) is 22.7. The molecule has 0 spiro atoms. The lowest BCUT2D eigenvalue weighted by Gasteiger charge is -2.36. The highest BCUT2D eigenvalue weighted by molar-refractivity contribution is 6.06. The van der Waals surface area contributed by atoms with Gasteiger partial charge in [0.2, 0.25) is 0 Å². The summed E-state index contributed by atoms with van der Waals surface area (Å²) in [5.74, 6) is 0.874. The van der Waals surface area contributed by atoms with Crippen LogP contribution in [0, 0.1) is 20.8 Å². The molecule has 0 bridgehead atoms. The van der Waals surface area contributed by atoms with E-state index in [1.807, 2.05) is 59.8 Å². The second-order valence-corrected chi connectivity index (χ2v) is 8.82. The summed E-state index contributed by atoms with van der Waals surface area (Å²) < 4.78 is 7.20. The molecule has 1 aliphatic rings. The second kappa shape index (κ2) is 8.82. The molecule has 0 radical (unpaired) electrons. The van der Waals surface area contributed by atoms with Crippen LogP contribution in [0.25, 0.3) is 16.7 Å². The maximum Gasteiger partial charge on any atom is 0.254 e. The molecule has 0 N–H and O–H groups in total. The van der Waals surface area contributed by atoms with Crippen molar-refractivity contribution in [2.24, 2.45) is 0 Å². The number of aryl methyl sites for hydroxylation is 3. The number of piperazine rings is 1. The topological polar surface area (TPSA) is 63.5 Å². The number of nitrogens with zero attached hydrogens (tertiary/aromatic N) is 5. The summed E-state index contributed by atoms with van der Waals surface area (Å²) in [5, 5.41) is 5.58. The van der Waals surface area contributed by atoms with Crippen LogP contribution in [-0.4, -0.2) is 58.9 Å². The fourth-order valence-electron chi connectivity index (χ4n) is 4.59. The van der Waals surface area contributed by atoms with E-state index in [1.165, 1.54) is 5.56 Å². The van der Waals surface area contributed by atoms with Crippen LogP contribution in [0.3, 0.4) is 0 Å². The van der Waals surface area contributed by atoms with E-state index in [9.17, 15) is 4.79 Å². The summed E-state index contributed by atoms with van der Waals surface area (Å²) in [6.45, 7) is 8.79. The van der Waals surface area contributed by atoms with Gasteiger partial charge in [-0.1, -0.05) is 23.8 Å². The van der Waals surface area contributed by atoms with E-state index in [4.69, 9.17) is 14.8 Å². The molecular weight excluding hydrogens is 426 g/mol. The molecule has 1 fully saturated rings. The number of ether oxygens (including phenoxy) is 1. The van der Waals surface area contributed by atoms with Crippen molar-refractivity contribution in [3.8, 4) is 11.4 Å². The average molecular weight is 456 g/mol. The molecule has 34 heavy (non-hydrogen) atoms. The first kappa shape index (κ1) is 21.9. The molecule has 0 atom stereocenters. The largest absolute Gasteiger partial charge is 0.497 e. The van der Waals surface area contributed by atoms with Crippen molar-refractivity contribution in [3.63, 3.8) is 0 Å². The van der Waals surface area contributed by atoms with Crippen molar-refractivity contribution in [1.29, 1.82) is 0 Å². The normalized spacial score (nSPS) is 14.0. The van der Waals surface area contributed by atoms with Gasteiger partial charge >= 0.3 is 0 Å². The molecule has 2 aromatic carbocycles. The number of carbonyl (C=O) groups is 1. The van der Waals surface area contributed by atoms with E-state index in [-0.39, 0.29) is 5.91 Å². The second-order valence-electron chi connectivity index (χ2n) is 8.82. The van der Waals surface area contributed by atoms with Crippen molar-refractivity contribution in [3.05, 3.63) is 77.1 Å². The minimum absolute atomic E-state index is 0.0346. The van der Waals surface area contributed by atoms with Gasteiger partial charge in [-0.05, 0) is 51.1 Å². The third kappa shape index (κ3) is 3.98. The fourth-order valence-corrected chi connectivity index (χ4v) is 4.59. The number of anilines is 1. The number of hydrogen-bond acceptors (Lipinski definition) is 5. The third-order valence-electron chi connectivity index (χ3n) is 6.44. The molecule has 1 aliphatic heterocycles. The van der Waals surface area contributed by atoms with Gasteiger partial charge in [0.15, 0.2) is 5.65 Å². The third-order valence-corrected chi connectivity index (χ3v) is 6.44. The first-order valence-electron chi connectivity index (χ1n) is 11.6. The Morgan fingerprint density at radius 2 is 1.65 bits per heavy atom. The first-order valence-corrected chi connectivity index (χ1v) is 11.6. The lowest BCUT2D eigenvalue weighted by atomic mass is 10.1. The van der Waals surface area contributed by atoms with Gasteiger partial charge in [-0.15, -0.1) is 0 Å². The molecule has 3 heterocycles. The summed E-state index contributed by atoms with van der Waals surface area (Å²) in [7, 11) is 1.68. The summed E-state index contributed by atoms with van der Waals surface area (Å²) in [6, 6.07) is 18.1. The number of fused-ring (bicyclic) bond motifs is 1. The van der Waals surface area contributed by atoms with Gasteiger partial charge < -0.3 is 14.5 Å². The van der Waals surface area contributed by atoms with Crippen LogP contribution in [0.5, 0.6) is 5.75 Å². The summed E-state index contributed by atoms with van der Waals surface area (Å²) >= 11 is 0. The SMILES string of the molecule is COc1cccc(N2CCN(C(=O)c3cc(C)nc4c3c(C)nn4-c3ccc(C)cc3)CC2)c1. The number of pyridine rings is 1. The van der Waals surface area contributed by atoms with Gasteiger partial charge in [0.25, 0.3) is 5.91 Å². The van der Waals surface area contributed by atoms with Gasteiger partial charge in [0, 0.05) is 43.6 Å². The average Bonchev–Trinajstić information content (AvgIpc) is 3.19. The Bertz CT molecular complexity index is 1350. The molecule has 1 saturated heterocycles. The van der Waals surface area contributed by atoms with Gasteiger partial charge in [-0.3, -0.25) is 4.79 Å². The molecule has 0 unspecified atom stereocenters. The molecule has 0 aliphatic carbocycles. The van der Waals surface area contributed by atoms with E-state index >= 15 is 0 Å². The van der Waals surface area contributed by atoms with Crippen molar-refractivity contribution < 1.29 is 9.53 Å². The highest BCUT2D eigenvalue weighted by Crippen LogP contribution is 2.27. The van der Waals surface area contributed by atoms with E-state index in [2.05, 4.69) is 30.0 Å². The Morgan fingerprint density at radius 3 is 2.35 bits per heavy atom. The highest BCUT2D eigenvalue weighted by Gasteiger charge is 2.26. The van der Waals surface area contributed by atoms with Gasteiger partial charge in [0.1, 0.15) is 5.75 Å².